The molecule has 0 radical (unpaired) electrons. The van der Waals surface area contributed by atoms with E-state index in [4.69, 9.17) is 5.73 Å². The molecule has 7 heteroatoms. The molecule has 0 aliphatic heterocycles. The van der Waals surface area contributed by atoms with Crippen LogP contribution in [0, 0.1) is 12.8 Å². The second kappa shape index (κ2) is 8.34. The Kier molecular flexibility index (Phi) is 6.19. The van der Waals surface area contributed by atoms with Crippen LogP contribution in [0.4, 0.5) is 5.69 Å². The number of nitrogens with two attached hydrogens (primary N) is 1. The van der Waals surface area contributed by atoms with Crippen LogP contribution in [0.1, 0.15) is 19.7 Å². The highest BCUT2D eigenvalue weighted by atomic mass is 16.2. The van der Waals surface area contributed by atoms with Crippen molar-refractivity contribution in [2.45, 2.75) is 26.8 Å². The lowest BCUT2D eigenvalue weighted by atomic mass is 10.1. The van der Waals surface area contributed by atoms with Gasteiger partial charge in [0, 0.05) is 17.4 Å². The summed E-state index contributed by atoms with van der Waals surface area (Å²) in [5.41, 5.74) is 8.01. The number of nitrogens with one attached hydrogen (secondary N) is 2. The smallest absolute Gasteiger partial charge is 0.243 e. The first kappa shape index (κ1) is 18.5. The van der Waals surface area contributed by atoms with Gasteiger partial charge in [0.25, 0.3) is 0 Å². The molecule has 1 heterocycles. The van der Waals surface area contributed by atoms with E-state index in [1.165, 1.54) is 0 Å². The van der Waals surface area contributed by atoms with Crippen molar-refractivity contribution >= 4 is 17.5 Å². The highest BCUT2D eigenvalue weighted by Gasteiger charge is 2.17. The quantitative estimate of drug-likeness (QED) is 0.737. The highest BCUT2D eigenvalue weighted by Crippen LogP contribution is 2.20. The Labute approximate surface area is 147 Å². The van der Waals surface area contributed by atoms with Gasteiger partial charge >= 0.3 is 0 Å². The van der Waals surface area contributed by atoms with Crippen molar-refractivity contribution in [3.63, 3.8) is 0 Å². The number of anilines is 1. The predicted molar refractivity (Wildman–Crippen MR) is 96.7 cm³/mol. The molecule has 0 saturated carbocycles. The Morgan fingerprint density at radius 2 is 2.00 bits per heavy atom. The average molecular weight is 341 g/mol. The van der Waals surface area contributed by atoms with Gasteiger partial charge in [0.1, 0.15) is 5.82 Å². The summed E-state index contributed by atoms with van der Waals surface area (Å²) in [6.45, 7) is 5.39. The fourth-order valence-corrected chi connectivity index (χ4v) is 2.17. The molecule has 1 atom stereocenters. The van der Waals surface area contributed by atoms with Crippen LogP contribution < -0.4 is 16.4 Å². The molecule has 0 saturated heterocycles. The maximum absolute atomic E-state index is 12.0. The monoisotopic (exact) mass is 341 g/mol. The topological polar surface area (TPSA) is 110 Å². The minimum atomic E-state index is -0.628. The fourth-order valence-electron chi connectivity index (χ4n) is 2.17. The van der Waals surface area contributed by atoms with E-state index in [0.29, 0.717) is 11.5 Å². The minimum Gasteiger partial charge on any atom is -0.346 e. The molecule has 0 aliphatic carbocycles. The Morgan fingerprint density at radius 3 is 2.68 bits per heavy atom. The molecule has 0 aliphatic rings. The van der Waals surface area contributed by atoms with Gasteiger partial charge in [-0.15, -0.1) is 0 Å². The van der Waals surface area contributed by atoms with E-state index in [9.17, 15) is 9.59 Å². The SMILES string of the molecule is Cc1nccc(-c2cccc(NC(=O)CNC(=O)[C@@H](N)C(C)C)c2)n1. The summed E-state index contributed by atoms with van der Waals surface area (Å²) in [6.07, 6.45) is 1.69. The number of nitrogens with zero attached hydrogens (tertiary/aromatic N) is 2. The van der Waals surface area contributed by atoms with Gasteiger partial charge in [-0.05, 0) is 31.0 Å². The van der Waals surface area contributed by atoms with E-state index in [1.54, 1.807) is 12.3 Å². The molecule has 4 N–H and O–H groups in total. The number of hydrogen-bond donors (Lipinski definition) is 3. The van der Waals surface area contributed by atoms with Crippen molar-refractivity contribution in [3.8, 4) is 11.3 Å². The second-order valence-electron chi connectivity index (χ2n) is 6.11. The summed E-state index contributed by atoms with van der Waals surface area (Å²) in [5.74, 6) is 0.0305. The first-order chi connectivity index (χ1) is 11.9. The molecule has 2 aromatic rings. The molecular formula is C18H23N5O2. The number of carbonyl (C=O) groups excluding carboxylic acids is 2. The van der Waals surface area contributed by atoms with Crippen LogP contribution in [0.15, 0.2) is 36.5 Å². The lowest BCUT2D eigenvalue weighted by molar-refractivity contribution is -0.125. The van der Waals surface area contributed by atoms with Gasteiger partial charge in [-0.3, -0.25) is 9.59 Å². The van der Waals surface area contributed by atoms with Crippen LogP contribution in [-0.2, 0) is 9.59 Å². The van der Waals surface area contributed by atoms with Gasteiger partial charge in [-0.2, -0.15) is 0 Å². The van der Waals surface area contributed by atoms with Crippen LogP contribution in [0.3, 0.4) is 0 Å². The van der Waals surface area contributed by atoms with Crippen molar-refractivity contribution in [2.75, 3.05) is 11.9 Å². The van der Waals surface area contributed by atoms with Crippen molar-refractivity contribution in [1.29, 1.82) is 0 Å². The summed E-state index contributed by atoms with van der Waals surface area (Å²) >= 11 is 0. The van der Waals surface area contributed by atoms with Gasteiger partial charge in [0.15, 0.2) is 0 Å². The number of aromatic nitrogens is 2. The van der Waals surface area contributed by atoms with E-state index >= 15 is 0 Å². The van der Waals surface area contributed by atoms with Gasteiger partial charge in [-0.25, -0.2) is 9.97 Å². The zero-order valence-corrected chi connectivity index (χ0v) is 14.6. The first-order valence-electron chi connectivity index (χ1n) is 8.10. The summed E-state index contributed by atoms with van der Waals surface area (Å²) < 4.78 is 0. The molecule has 0 fully saturated rings. The van der Waals surface area contributed by atoms with Crippen molar-refractivity contribution < 1.29 is 9.59 Å². The lowest BCUT2D eigenvalue weighted by Gasteiger charge is -2.15. The van der Waals surface area contributed by atoms with Crippen molar-refractivity contribution in [2.24, 2.45) is 11.7 Å². The largest absolute Gasteiger partial charge is 0.346 e. The maximum atomic E-state index is 12.0. The molecule has 1 aromatic carbocycles. The Morgan fingerprint density at radius 1 is 1.24 bits per heavy atom. The molecule has 0 bridgehead atoms. The maximum Gasteiger partial charge on any atom is 0.243 e. The second-order valence-corrected chi connectivity index (χ2v) is 6.11. The van der Waals surface area contributed by atoms with E-state index in [2.05, 4.69) is 20.6 Å². The minimum absolute atomic E-state index is 0.0102. The Hall–Kier alpha value is -2.80. The molecule has 0 unspecified atom stereocenters. The van der Waals surface area contributed by atoms with E-state index in [-0.39, 0.29) is 24.3 Å². The lowest BCUT2D eigenvalue weighted by Crippen LogP contribution is -2.46. The Balaban J connectivity index is 1.98. The van der Waals surface area contributed by atoms with Crippen LogP contribution in [-0.4, -0.2) is 34.4 Å². The molecule has 0 spiro atoms. The van der Waals surface area contributed by atoms with Crippen molar-refractivity contribution in [1.82, 2.24) is 15.3 Å². The third-order valence-electron chi connectivity index (χ3n) is 3.66. The molecule has 2 rings (SSSR count). The third-order valence-corrected chi connectivity index (χ3v) is 3.66. The number of benzene rings is 1. The van der Waals surface area contributed by atoms with Crippen molar-refractivity contribution in [3.05, 3.63) is 42.4 Å². The summed E-state index contributed by atoms with van der Waals surface area (Å²) in [5, 5.41) is 5.29. The molecule has 7 nitrogen and oxygen atoms in total. The number of carbonyl (C=O) groups is 2. The normalized spacial score (nSPS) is 11.9. The molecule has 25 heavy (non-hydrogen) atoms. The predicted octanol–water partition coefficient (Wildman–Crippen LogP) is 1.49. The number of hydrogen-bond acceptors (Lipinski definition) is 5. The van der Waals surface area contributed by atoms with Crippen LogP contribution in [0.2, 0.25) is 0 Å². The van der Waals surface area contributed by atoms with E-state index in [0.717, 1.165) is 11.3 Å². The van der Waals surface area contributed by atoms with Crippen LogP contribution in [0.25, 0.3) is 11.3 Å². The first-order valence-corrected chi connectivity index (χ1v) is 8.10. The average Bonchev–Trinajstić information content (AvgIpc) is 2.59. The standard InChI is InChI=1S/C18H23N5O2/c1-11(2)17(19)18(25)21-10-16(24)23-14-6-4-5-13(9-14)15-7-8-20-12(3)22-15/h4-9,11,17H,10,19H2,1-3H3,(H,21,25)(H,23,24)/t17-/m0/s1. The van der Waals surface area contributed by atoms with Gasteiger partial charge in [0.2, 0.25) is 11.8 Å². The van der Waals surface area contributed by atoms with Gasteiger partial charge in [-0.1, -0.05) is 26.0 Å². The Bertz CT molecular complexity index is 761. The highest BCUT2D eigenvalue weighted by molar-refractivity contribution is 5.95. The molecule has 2 amide bonds. The summed E-state index contributed by atoms with van der Waals surface area (Å²) in [7, 11) is 0. The number of aryl methyl sites for hydroxylation is 1. The van der Waals surface area contributed by atoms with Gasteiger partial charge < -0.3 is 16.4 Å². The zero-order chi connectivity index (χ0) is 18.4. The molecular weight excluding hydrogens is 318 g/mol. The third kappa shape index (κ3) is 5.36. The number of rotatable bonds is 6. The molecule has 1 aromatic heterocycles. The fraction of sp³-hybridized carbons (Fsp3) is 0.333. The van der Waals surface area contributed by atoms with E-state index in [1.807, 2.05) is 45.0 Å². The zero-order valence-electron chi connectivity index (χ0n) is 14.6. The summed E-state index contributed by atoms with van der Waals surface area (Å²) in [6, 6.07) is 8.51. The summed E-state index contributed by atoms with van der Waals surface area (Å²) in [4.78, 5) is 32.2. The van der Waals surface area contributed by atoms with E-state index < -0.39 is 6.04 Å². The van der Waals surface area contributed by atoms with Crippen LogP contribution in [0.5, 0.6) is 0 Å². The molecule has 132 valence electrons. The van der Waals surface area contributed by atoms with Crippen LogP contribution >= 0.6 is 0 Å². The number of amides is 2. The van der Waals surface area contributed by atoms with Gasteiger partial charge in [0.05, 0.1) is 18.3 Å².